The molecule has 2 amide bonds. The molecule has 1 aromatic rings. The summed E-state index contributed by atoms with van der Waals surface area (Å²) >= 11 is 0. The lowest BCUT2D eigenvalue weighted by atomic mass is 10.0. The second-order valence-electron chi connectivity index (χ2n) is 6.55. The molecular weight excluding hydrogens is 290 g/mol. The van der Waals surface area contributed by atoms with Crippen LogP contribution in [0.1, 0.15) is 36.2 Å². The SMILES string of the molecule is Cc1ccccc1C(=O)NC(CC(C)C)C(=O)N1CCNCC1. The maximum atomic E-state index is 12.8. The van der Waals surface area contributed by atoms with Gasteiger partial charge in [-0.3, -0.25) is 9.59 Å². The lowest BCUT2D eigenvalue weighted by Crippen LogP contribution is -2.54. The Morgan fingerprint density at radius 3 is 2.48 bits per heavy atom. The van der Waals surface area contributed by atoms with E-state index in [2.05, 4.69) is 24.5 Å². The lowest BCUT2D eigenvalue weighted by molar-refractivity contribution is -0.134. The van der Waals surface area contributed by atoms with Crippen molar-refractivity contribution in [3.05, 3.63) is 35.4 Å². The van der Waals surface area contributed by atoms with Crippen molar-refractivity contribution in [2.75, 3.05) is 26.2 Å². The Morgan fingerprint density at radius 2 is 1.87 bits per heavy atom. The van der Waals surface area contributed by atoms with Gasteiger partial charge in [-0.1, -0.05) is 32.0 Å². The molecule has 1 aliphatic heterocycles. The number of rotatable bonds is 5. The fourth-order valence-electron chi connectivity index (χ4n) is 2.86. The van der Waals surface area contributed by atoms with E-state index in [0.717, 1.165) is 18.7 Å². The maximum Gasteiger partial charge on any atom is 0.252 e. The molecule has 0 spiro atoms. The normalized spacial score (nSPS) is 16.3. The first-order valence-corrected chi connectivity index (χ1v) is 8.35. The molecule has 1 aliphatic rings. The van der Waals surface area contributed by atoms with E-state index in [1.165, 1.54) is 0 Å². The second kappa shape index (κ2) is 8.11. The highest BCUT2D eigenvalue weighted by Crippen LogP contribution is 2.12. The number of nitrogens with zero attached hydrogens (tertiary/aromatic N) is 1. The number of benzene rings is 1. The van der Waals surface area contributed by atoms with Gasteiger partial charge < -0.3 is 15.5 Å². The van der Waals surface area contributed by atoms with E-state index in [4.69, 9.17) is 0 Å². The molecule has 2 rings (SSSR count). The zero-order valence-electron chi connectivity index (χ0n) is 14.3. The van der Waals surface area contributed by atoms with Crippen LogP contribution >= 0.6 is 0 Å². The average molecular weight is 317 g/mol. The second-order valence-corrected chi connectivity index (χ2v) is 6.55. The number of carbonyl (C=O) groups excluding carboxylic acids is 2. The molecule has 2 N–H and O–H groups in total. The van der Waals surface area contributed by atoms with Crippen LogP contribution < -0.4 is 10.6 Å². The van der Waals surface area contributed by atoms with E-state index in [-0.39, 0.29) is 11.8 Å². The first-order valence-electron chi connectivity index (χ1n) is 8.35. The molecule has 1 atom stereocenters. The Kier molecular flexibility index (Phi) is 6.16. The Labute approximate surface area is 138 Å². The molecule has 5 heteroatoms. The summed E-state index contributed by atoms with van der Waals surface area (Å²) in [6.07, 6.45) is 0.653. The quantitative estimate of drug-likeness (QED) is 0.866. The van der Waals surface area contributed by atoms with Gasteiger partial charge in [-0.05, 0) is 30.9 Å². The minimum Gasteiger partial charge on any atom is -0.340 e. The Balaban J connectivity index is 2.10. The number of piperazine rings is 1. The van der Waals surface area contributed by atoms with E-state index in [9.17, 15) is 9.59 Å². The summed E-state index contributed by atoms with van der Waals surface area (Å²) in [4.78, 5) is 27.2. The van der Waals surface area contributed by atoms with Gasteiger partial charge in [0.15, 0.2) is 0 Å². The fraction of sp³-hybridized carbons (Fsp3) is 0.556. The van der Waals surface area contributed by atoms with Gasteiger partial charge in [0.2, 0.25) is 5.91 Å². The van der Waals surface area contributed by atoms with Crippen LogP contribution in [-0.4, -0.2) is 48.9 Å². The predicted molar refractivity (Wildman–Crippen MR) is 91.3 cm³/mol. The summed E-state index contributed by atoms with van der Waals surface area (Å²) in [6.45, 7) is 9.07. The number of hydrogen-bond donors (Lipinski definition) is 2. The number of amides is 2. The number of nitrogens with one attached hydrogen (secondary N) is 2. The van der Waals surface area contributed by atoms with Gasteiger partial charge >= 0.3 is 0 Å². The van der Waals surface area contributed by atoms with Crippen molar-refractivity contribution < 1.29 is 9.59 Å². The smallest absolute Gasteiger partial charge is 0.252 e. The molecule has 0 radical (unpaired) electrons. The van der Waals surface area contributed by atoms with Crippen LogP contribution in [-0.2, 0) is 4.79 Å². The molecule has 1 heterocycles. The van der Waals surface area contributed by atoms with Gasteiger partial charge in [-0.2, -0.15) is 0 Å². The molecule has 0 aromatic heterocycles. The average Bonchev–Trinajstić information content (AvgIpc) is 2.54. The molecule has 1 fully saturated rings. The van der Waals surface area contributed by atoms with Crippen LogP contribution in [0.4, 0.5) is 0 Å². The molecule has 1 aromatic carbocycles. The number of hydrogen-bond acceptors (Lipinski definition) is 3. The Morgan fingerprint density at radius 1 is 1.22 bits per heavy atom. The minimum atomic E-state index is -0.458. The highest BCUT2D eigenvalue weighted by Gasteiger charge is 2.28. The largest absolute Gasteiger partial charge is 0.340 e. The predicted octanol–water partition coefficient (Wildman–Crippen LogP) is 1.57. The highest BCUT2D eigenvalue weighted by molar-refractivity contribution is 5.98. The number of carbonyl (C=O) groups is 2. The van der Waals surface area contributed by atoms with E-state index in [1.807, 2.05) is 30.0 Å². The van der Waals surface area contributed by atoms with Gasteiger partial charge in [-0.25, -0.2) is 0 Å². The minimum absolute atomic E-state index is 0.0298. The Hall–Kier alpha value is -1.88. The van der Waals surface area contributed by atoms with Crippen molar-refractivity contribution in [3.8, 4) is 0 Å². The maximum absolute atomic E-state index is 12.8. The summed E-state index contributed by atoms with van der Waals surface area (Å²) in [6, 6.07) is 7.00. The summed E-state index contributed by atoms with van der Waals surface area (Å²) in [7, 11) is 0. The van der Waals surface area contributed by atoms with Crippen molar-refractivity contribution in [1.29, 1.82) is 0 Å². The first-order chi connectivity index (χ1) is 11.0. The topological polar surface area (TPSA) is 61.4 Å². The van der Waals surface area contributed by atoms with E-state index >= 15 is 0 Å². The molecule has 23 heavy (non-hydrogen) atoms. The Bertz CT molecular complexity index is 551. The number of aryl methyl sites for hydroxylation is 1. The summed E-state index contributed by atoms with van der Waals surface area (Å²) in [5, 5.41) is 6.19. The van der Waals surface area contributed by atoms with Gasteiger partial charge in [0.1, 0.15) is 6.04 Å². The third-order valence-corrected chi connectivity index (χ3v) is 4.13. The summed E-state index contributed by atoms with van der Waals surface area (Å²) < 4.78 is 0. The van der Waals surface area contributed by atoms with Gasteiger partial charge in [0.25, 0.3) is 5.91 Å². The van der Waals surface area contributed by atoms with E-state index in [0.29, 0.717) is 31.0 Å². The standard InChI is InChI=1S/C18H27N3O2/c1-13(2)12-16(18(23)21-10-8-19-9-11-21)20-17(22)15-7-5-4-6-14(15)3/h4-7,13,16,19H,8-12H2,1-3H3,(H,20,22). The summed E-state index contributed by atoms with van der Waals surface area (Å²) in [5.41, 5.74) is 1.55. The van der Waals surface area contributed by atoms with Gasteiger partial charge in [0.05, 0.1) is 0 Å². The molecule has 0 bridgehead atoms. The monoisotopic (exact) mass is 317 g/mol. The van der Waals surface area contributed by atoms with Crippen molar-refractivity contribution in [3.63, 3.8) is 0 Å². The molecular formula is C18H27N3O2. The third-order valence-electron chi connectivity index (χ3n) is 4.13. The van der Waals surface area contributed by atoms with E-state index in [1.54, 1.807) is 6.07 Å². The van der Waals surface area contributed by atoms with Crippen molar-refractivity contribution in [2.24, 2.45) is 5.92 Å². The van der Waals surface area contributed by atoms with Crippen molar-refractivity contribution in [1.82, 2.24) is 15.5 Å². The van der Waals surface area contributed by atoms with Crippen LogP contribution in [0.25, 0.3) is 0 Å². The van der Waals surface area contributed by atoms with Gasteiger partial charge in [0, 0.05) is 31.7 Å². The van der Waals surface area contributed by atoms with Crippen LogP contribution in [0.3, 0.4) is 0 Å². The zero-order chi connectivity index (χ0) is 16.8. The third kappa shape index (κ3) is 4.79. The lowest BCUT2D eigenvalue weighted by Gasteiger charge is -2.32. The molecule has 126 valence electrons. The van der Waals surface area contributed by atoms with Crippen LogP contribution in [0.15, 0.2) is 24.3 Å². The first kappa shape index (κ1) is 17.5. The molecule has 5 nitrogen and oxygen atoms in total. The summed E-state index contributed by atoms with van der Waals surface area (Å²) in [5.74, 6) is 0.198. The highest BCUT2D eigenvalue weighted by atomic mass is 16.2. The van der Waals surface area contributed by atoms with Crippen LogP contribution in [0.2, 0.25) is 0 Å². The van der Waals surface area contributed by atoms with Crippen molar-refractivity contribution >= 4 is 11.8 Å². The fourth-order valence-corrected chi connectivity index (χ4v) is 2.86. The zero-order valence-corrected chi connectivity index (χ0v) is 14.3. The molecule has 0 saturated carbocycles. The van der Waals surface area contributed by atoms with Crippen molar-refractivity contribution in [2.45, 2.75) is 33.2 Å². The van der Waals surface area contributed by atoms with Crippen LogP contribution in [0.5, 0.6) is 0 Å². The van der Waals surface area contributed by atoms with Crippen LogP contribution in [0, 0.1) is 12.8 Å². The van der Waals surface area contributed by atoms with E-state index < -0.39 is 6.04 Å². The molecule has 1 unspecified atom stereocenters. The van der Waals surface area contributed by atoms with Gasteiger partial charge in [-0.15, -0.1) is 0 Å². The molecule has 1 saturated heterocycles. The molecule has 0 aliphatic carbocycles.